The zero-order chi connectivity index (χ0) is 13.0. The van der Waals surface area contributed by atoms with E-state index in [-0.39, 0.29) is 5.56 Å². The average molecular weight is 246 g/mol. The van der Waals surface area contributed by atoms with Crippen molar-refractivity contribution in [2.24, 2.45) is 0 Å². The van der Waals surface area contributed by atoms with E-state index in [1.807, 2.05) is 36.4 Å². The predicted octanol–water partition coefficient (Wildman–Crippen LogP) is 3.73. The van der Waals surface area contributed by atoms with E-state index >= 15 is 0 Å². The first-order valence-corrected chi connectivity index (χ1v) is 5.62. The van der Waals surface area contributed by atoms with Gasteiger partial charge in [-0.25, -0.2) is 8.78 Å². The topological polar surface area (TPSA) is 17.1 Å². The Morgan fingerprint density at radius 1 is 0.944 bits per heavy atom. The van der Waals surface area contributed by atoms with Gasteiger partial charge in [-0.2, -0.15) is 0 Å². The van der Waals surface area contributed by atoms with Crippen LogP contribution in [0.1, 0.15) is 21.5 Å². The molecular weight excluding hydrogens is 234 g/mol. The standard InChI is InChI=1S/C15H12F2O/c16-15(17)14(18)13-8-4-7-12(10-13)9-11-5-2-1-3-6-11/h1-8,10,15H,9H2. The van der Waals surface area contributed by atoms with Crippen LogP contribution in [0, 0.1) is 0 Å². The summed E-state index contributed by atoms with van der Waals surface area (Å²) in [4.78, 5) is 11.2. The summed E-state index contributed by atoms with van der Waals surface area (Å²) in [6.07, 6.45) is -2.32. The van der Waals surface area contributed by atoms with Crippen molar-refractivity contribution >= 4 is 5.78 Å². The van der Waals surface area contributed by atoms with Crippen LogP contribution in [0.25, 0.3) is 0 Å². The third kappa shape index (κ3) is 3.00. The van der Waals surface area contributed by atoms with E-state index in [2.05, 4.69) is 0 Å². The monoisotopic (exact) mass is 246 g/mol. The van der Waals surface area contributed by atoms with Gasteiger partial charge in [-0.3, -0.25) is 4.79 Å². The fourth-order valence-electron chi connectivity index (χ4n) is 1.79. The normalized spacial score (nSPS) is 10.6. The highest BCUT2D eigenvalue weighted by molar-refractivity contribution is 5.98. The maximum absolute atomic E-state index is 12.3. The van der Waals surface area contributed by atoms with E-state index in [0.717, 1.165) is 11.1 Å². The molecule has 2 rings (SSSR count). The molecule has 0 heterocycles. The second-order valence-electron chi connectivity index (χ2n) is 4.03. The molecule has 2 aromatic rings. The smallest absolute Gasteiger partial charge is 0.288 e. The first-order valence-electron chi connectivity index (χ1n) is 5.62. The zero-order valence-corrected chi connectivity index (χ0v) is 9.64. The molecule has 0 radical (unpaired) electrons. The van der Waals surface area contributed by atoms with E-state index in [4.69, 9.17) is 0 Å². The van der Waals surface area contributed by atoms with Crippen LogP contribution >= 0.6 is 0 Å². The van der Waals surface area contributed by atoms with Crippen LogP contribution in [-0.4, -0.2) is 12.2 Å². The molecule has 0 unspecified atom stereocenters. The number of hydrogen-bond donors (Lipinski definition) is 0. The number of halogens is 2. The minimum absolute atomic E-state index is 0.0680. The summed E-state index contributed by atoms with van der Waals surface area (Å²) in [6.45, 7) is 0. The summed E-state index contributed by atoms with van der Waals surface area (Å²) in [7, 11) is 0. The van der Waals surface area contributed by atoms with Gasteiger partial charge in [-0.15, -0.1) is 0 Å². The molecule has 0 amide bonds. The third-order valence-corrected chi connectivity index (χ3v) is 2.66. The number of carbonyl (C=O) groups is 1. The van der Waals surface area contributed by atoms with Gasteiger partial charge in [0.15, 0.2) is 0 Å². The second-order valence-corrected chi connectivity index (χ2v) is 4.03. The average Bonchev–Trinajstić information content (AvgIpc) is 2.39. The molecule has 0 aliphatic heterocycles. The lowest BCUT2D eigenvalue weighted by Gasteiger charge is -2.04. The van der Waals surface area contributed by atoms with Gasteiger partial charge in [0.1, 0.15) is 0 Å². The molecular formula is C15H12F2O. The molecule has 92 valence electrons. The molecule has 0 bridgehead atoms. The van der Waals surface area contributed by atoms with Crippen molar-refractivity contribution < 1.29 is 13.6 Å². The molecule has 0 aromatic heterocycles. The van der Waals surface area contributed by atoms with E-state index in [1.165, 1.54) is 12.1 Å². The minimum Gasteiger partial charge on any atom is -0.288 e. The number of carbonyl (C=O) groups excluding carboxylic acids is 1. The molecule has 2 aromatic carbocycles. The molecule has 18 heavy (non-hydrogen) atoms. The van der Waals surface area contributed by atoms with Crippen molar-refractivity contribution in [1.82, 2.24) is 0 Å². The van der Waals surface area contributed by atoms with Crippen LogP contribution in [0.4, 0.5) is 8.78 Å². The molecule has 3 heteroatoms. The Hall–Kier alpha value is -2.03. The summed E-state index contributed by atoms with van der Waals surface area (Å²) in [5.41, 5.74) is 2.00. The van der Waals surface area contributed by atoms with Crippen molar-refractivity contribution in [3.63, 3.8) is 0 Å². The third-order valence-electron chi connectivity index (χ3n) is 2.66. The highest BCUT2D eigenvalue weighted by Crippen LogP contribution is 2.14. The summed E-state index contributed by atoms with van der Waals surface area (Å²) in [6, 6.07) is 16.1. The number of alkyl halides is 2. The van der Waals surface area contributed by atoms with Crippen molar-refractivity contribution in [3.05, 3.63) is 71.3 Å². The van der Waals surface area contributed by atoms with Crippen molar-refractivity contribution in [1.29, 1.82) is 0 Å². The van der Waals surface area contributed by atoms with Crippen LogP contribution in [0.15, 0.2) is 54.6 Å². The van der Waals surface area contributed by atoms with E-state index in [9.17, 15) is 13.6 Å². The van der Waals surface area contributed by atoms with Crippen LogP contribution in [-0.2, 0) is 6.42 Å². The Kier molecular flexibility index (Phi) is 3.82. The Labute approximate surface area is 104 Å². The van der Waals surface area contributed by atoms with Gasteiger partial charge in [-0.1, -0.05) is 48.5 Å². The Bertz CT molecular complexity index is 535. The summed E-state index contributed by atoms with van der Waals surface area (Å²) in [5.74, 6) is -1.12. The highest BCUT2D eigenvalue weighted by atomic mass is 19.3. The van der Waals surface area contributed by atoms with E-state index < -0.39 is 12.2 Å². The van der Waals surface area contributed by atoms with Crippen LogP contribution in [0.5, 0.6) is 0 Å². The van der Waals surface area contributed by atoms with Gasteiger partial charge in [0.25, 0.3) is 0 Å². The Morgan fingerprint density at radius 2 is 1.61 bits per heavy atom. The second kappa shape index (κ2) is 5.54. The quantitative estimate of drug-likeness (QED) is 0.751. The van der Waals surface area contributed by atoms with Gasteiger partial charge in [0.05, 0.1) is 0 Å². The maximum Gasteiger partial charge on any atom is 0.300 e. The summed E-state index contributed by atoms with van der Waals surface area (Å²) in [5, 5.41) is 0. The minimum atomic E-state index is -2.95. The van der Waals surface area contributed by atoms with Crippen molar-refractivity contribution in [2.75, 3.05) is 0 Å². The van der Waals surface area contributed by atoms with Crippen LogP contribution in [0.2, 0.25) is 0 Å². The molecule has 0 aliphatic rings. The Balaban J connectivity index is 2.20. The lowest BCUT2D eigenvalue weighted by atomic mass is 10.0. The number of rotatable bonds is 4. The summed E-state index contributed by atoms with van der Waals surface area (Å²) < 4.78 is 24.6. The van der Waals surface area contributed by atoms with Crippen molar-refractivity contribution in [3.8, 4) is 0 Å². The molecule has 1 nitrogen and oxygen atoms in total. The van der Waals surface area contributed by atoms with Gasteiger partial charge in [0, 0.05) is 5.56 Å². The van der Waals surface area contributed by atoms with Crippen molar-refractivity contribution in [2.45, 2.75) is 12.8 Å². The van der Waals surface area contributed by atoms with Gasteiger partial charge in [0.2, 0.25) is 5.78 Å². The van der Waals surface area contributed by atoms with E-state index in [0.29, 0.717) is 6.42 Å². The van der Waals surface area contributed by atoms with Gasteiger partial charge >= 0.3 is 6.43 Å². The van der Waals surface area contributed by atoms with E-state index in [1.54, 1.807) is 6.07 Å². The van der Waals surface area contributed by atoms with Crippen LogP contribution in [0.3, 0.4) is 0 Å². The SMILES string of the molecule is O=C(c1cccc(Cc2ccccc2)c1)C(F)F. The largest absolute Gasteiger partial charge is 0.300 e. The predicted molar refractivity (Wildman–Crippen MR) is 66.0 cm³/mol. The summed E-state index contributed by atoms with van der Waals surface area (Å²) >= 11 is 0. The van der Waals surface area contributed by atoms with Crippen LogP contribution < -0.4 is 0 Å². The first kappa shape index (κ1) is 12.4. The lowest BCUT2D eigenvalue weighted by Crippen LogP contribution is -2.10. The van der Waals surface area contributed by atoms with Gasteiger partial charge in [-0.05, 0) is 23.6 Å². The molecule has 0 spiro atoms. The molecule has 0 fully saturated rings. The highest BCUT2D eigenvalue weighted by Gasteiger charge is 2.17. The number of benzene rings is 2. The molecule has 0 atom stereocenters. The number of ketones is 1. The molecule has 0 saturated carbocycles. The van der Waals surface area contributed by atoms with Gasteiger partial charge < -0.3 is 0 Å². The number of hydrogen-bond acceptors (Lipinski definition) is 1. The molecule has 0 N–H and O–H groups in total. The number of Topliss-reactive ketones (excluding diaryl/α,β-unsaturated/α-hetero) is 1. The fourth-order valence-corrected chi connectivity index (χ4v) is 1.79. The fraction of sp³-hybridized carbons (Fsp3) is 0.133. The first-order chi connectivity index (χ1) is 8.66. The zero-order valence-electron chi connectivity index (χ0n) is 9.64. The lowest BCUT2D eigenvalue weighted by molar-refractivity contribution is 0.0678. The maximum atomic E-state index is 12.3. The molecule has 0 saturated heterocycles. The molecule has 0 aliphatic carbocycles. The Morgan fingerprint density at radius 3 is 2.28 bits per heavy atom.